The van der Waals surface area contributed by atoms with Gasteiger partial charge in [-0.25, -0.2) is 15.0 Å². The summed E-state index contributed by atoms with van der Waals surface area (Å²) >= 11 is 0. The highest BCUT2D eigenvalue weighted by Gasteiger charge is 2.14. The van der Waals surface area contributed by atoms with Crippen LogP contribution in [0.5, 0.6) is 0 Å². The topological polar surface area (TPSA) is 38.7 Å². The van der Waals surface area contributed by atoms with Crippen molar-refractivity contribution in [1.82, 2.24) is 15.0 Å². The van der Waals surface area contributed by atoms with Gasteiger partial charge in [-0.2, -0.15) is 0 Å². The normalized spacial score (nSPS) is 11.0. The van der Waals surface area contributed by atoms with Gasteiger partial charge in [-0.05, 0) is 86.0 Å². The van der Waals surface area contributed by atoms with E-state index in [0.717, 1.165) is 38.9 Å². The third kappa shape index (κ3) is 6.99. The molecule has 1 aromatic heterocycles. The lowest BCUT2D eigenvalue weighted by Crippen LogP contribution is -2.00. The Kier molecular flexibility index (Phi) is 8.94. The molecule has 0 aliphatic heterocycles. The van der Waals surface area contributed by atoms with Crippen LogP contribution in [0.25, 0.3) is 89.8 Å². The first-order valence-electron chi connectivity index (χ1n) is 18.2. The fourth-order valence-corrected chi connectivity index (χ4v) is 6.90. The quantitative estimate of drug-likeness (QED) is 0.159. The first-order valence-corrected chi connectivity index (χ1v) is 18.2. The van der Waals surface area contributed by atoms with Crippen molar-refractivity contribution in [1.29, 1.82) is 0 Å². The lowest BCUT2D eigenvalue weighted by Gasteiger charge is -2.13. The lowest BCUT2D eigenvalue weighted by atomic mass is 9.92. The largest absolute Gasteiger partial charge is 0.208 e. The molecule has 0 spiro atoms. The Labute approximate surface area is 316 Å². The second-order valence-corrected chi connectivity index (χ2v) is 13.3. The number of aromatic nitrogens is 3. The van der Waals surface area contributed by atoms with Crippen molar-refractivity contribution in [3.63, 3.8) is 0 Å². The summed E-state index contributed by atoms with van der Waals surface area (Å²) in [7, 11) is 0. The summed E-state index contributed by atoms with van der Waals surface area (Å²) in [6, 6.07) is 74.3. The fraction of sp³-hybridized carbons (Fsp3) is 0. The van der Waals surface area contributed by atoms with Gasteiger partial charge < -0.3 is 0 Å². The summed E-state index contributed by atoms with van der Waals surface area (Å²) in [6.45, 7) is 0. The van der Waals surface area contributed by atoms with Crippen molar-refractivity contribution < 1.29 is 0 Å². The molecular weight excluding hydrogens is 655 g/mol. The molecule has 3 heteroatoms. The molecule has 0 aliphatic carbocycles. The van der Waals surface area contributed by atoms with E-state index in [1.54, 1.807) is 0 Å². The van der Waals surface area contributed by atoms with E-state index >= 15 is 0 Å². The molecule has 0 fully saturated rings. The second-order valence-electron chi connectivity index (χ2n) is 13.3. The molecule has 0 saturated carbocycles. The van der Waals surface area contributed by atoms with Gasteiger partial charge in [-0.3, -0.25) is 0 Å². The van der Waals surface area contributed by atoms with Gasteiger partial charge in [-0.1, -0.05) is 182 Å². The van der Waals surface area contributed by atoms with Gasteiger partial charge in [0.05, 0.1) is 0 Å². The minimum Gasteiger partial charge on any atom is -0.208 e. The van der Waals surface area contributed by atoms with Crippen LogP contribution in [0.15, 0.2) is 212 Å². The van der Waals surface area contributed by atoms with Crippen LogP contribution in [0.4, 0.5) is 0 Å². The maximum atomic E-state index is 5.06. The predicted octanol–water partition coefficient (Wildman–Crippen LogP) is 13.2. The highest BCUT2D eigenvalue weighted by Crippen LogP contribution is 2.35. The van der Waals surface area contributed by atoms with Crippen LogP contribution in [-0.4, -0.2) is 15.0 Å². The minimum atomic E-state index is 0.632. The predicted molar refractivity (Wildman–Crippen MR) is 223 cm³/mol. The molecule has 0 radical (unpaired) electrons. The van der Waals surface area contributed by atoms with Gasteiger partial charge in [0.2, 0.25) is 0 Å². The summed E-state index contributed by atoms with van der Waals surface area (Å²) in [4.78, 5) is 15.0. The number of rotatable bonds is 8. The van der Waals surface area contributed by atoms with Crippen LogP contribution in [0.1, 0.15) is 0 Å². The molecule has 1 heterocycles. The number of hydrogen-bond donors (Lipinski definition) is 0. The van der Waals surface area contributed by atoms with E-state index in [4.69, 9.17) is 15.0 Å². The van der Waals surface area contributed by atoms with Gasteiger partial charge in [0.15, 0.2) is 17.5 Å². The zero-order valence-corrected chi connectivity index (χ0v) is 29.5. The first kappa shape index (κ1) is 32.7. The van der Waals surface area contributed by atoms with Crippen LogP contribution in [-0.2, 0) is 0 Å². The Balaban J connectivity index is 1.10. The van der Waals surface area contributed by atoms with Crippen molar-refractivity contribution >= 4 is 0 Å². The minimum absolute atomic E-state index is 0.632. The molecule has 0 bridgehead atoms. The Morgan fingerprint density at radius 1 is 0.167 bits per heavy atom. The molecule has 0 atom stereocenters. The monoisotopic (exact) mass is 689 g/mol. The van der Waals surface area contributed by atoms with Gasteiger partial charge in [0.1, 0.15) is 0 Å². The van der Waals surface area contributed by atoms with Crippen LogP contribution in [0.3, 0.4) is 0 Å². The first-order chi connectivity index (χ1) is 26.7. The zero-order valence-electron chi connectivity index (χ0n) is 29.5. The van der Waals surface area contributed by atoms with Crippen molar-refractivity contribution in [2.24, 2.45) is 0 Å². The smallest absolute Gasteiger partial charge is 0.164 e. The van der Waals surface area contributed by atoms with Crippen LogP contribution >= 0.6 is 0 Å². The van der Waals surface area contributed by atoms with Crippen LogP contribution in [0.2, 0.25) is 0 Å². The molecule has 9 rings (SSSR count). The molecule has 3 nitrogen and oxygen atoms in total. The number of benzene rings is 8. The Morgan fingerprint density at radius 3 is 0.870 bits per heavy atom. The van der Waals surface area contributed by atoms with Crippen LogP contribution < -0.4 is 0 Å². The van der Waals surface area contributed by atoms with Crippen molar-refractivity contribution in [2.75, 3.05) is 0 Å². The van der Waals surface area contributed by atoms with E-state index in [1.165, 1.54) is 33.4 Å². The maximum Gasteiger partial charge on any atom is 0.164 e. The lowest BCUT2D eigenvalue weighted by molar-refractivity contribution is 1.07. The standard InChI is InChI=1S/C51H35N3/c1-5-15-36(16-6-1)39-27-29-41(30-28-39)50-52-49(40-21-11-4-12-22-40)53-51(54-50)45-26-14-24-43(32-45)42-23-13-25-44(31-42)48-34-46(37-17-7-2-8-18-37)33-47(35-48)38-19-9-3-10-20-38/h1-35H. The average Bonchev–Trinajstić information content (AvgIpc) is 3.27. The summed E-state index contributed by atoms with van der Waals surface area (Å²) in [5.41, 5.74) is 14.4. The van der Waals surface area contributed by atoms with Crippen LogP contribution in [0, 0.1) is 0 Å². The average molecular weight is 690 g/mol. The summed E-state index contributed by atoms with van der Waals surface area (Å²) in [6.07, 6.45) is 0. The van der Waals surface area contributed by atoms with Crippen molar-refractivity contribution in [3.05, 3.63) is 212 Å². The van der Waals surface area contributed by atoms with E-state index < -0.39 is 0 Å². The summed E-state index contributed by atoms with van der Waals surface area (Å²) in [5.74, 6) is 1.91. The third-order valence-corrected chi connectivity index (χ3v) is 9.71. The molecule has 0 N–H and O–H groups in total. The van der Waals surface area contributed by atoms with Gasteiger partial charge in [0, 0.05) is 16.7 Å². The zero-order chi connectivity index (χ0) is 36.1. The number of nitrogens with zero attached hydrogens (tertiary/aromatic N) is 3. The fourth-order valence-electron chi connectivity index (χ4n) is 6.90. The van der Waals surface area contributed by atoms with E-state index in [2.05, 4.69) is 176 Å². The Hall–Kier alpha value is -7.23. The molecule has 0 amide bonds. The Bertz CT molecular complexity index is 2620. The SMILES string of the molecule is c1ccc(-c2ccc(-c3nc(-c4ccccc4)nc(-c4cccc(-c5cccc(-c6cc(-c7ccccc7)cc(-c7ccccc7)c6)c5)c4)n3)cc2)cc1. The second kappa shape index (κ2) is 14.8. The van der Waals surface area contributed by atoms with E-state index in [9.17, 15) is 0 Å². The highest BCUT2D eigenvalue weighted by atomic mass is 15.0. The van der Waals surface area contributed by atoms with Crippen molar-refractivity contribution in [3.8, 4) is 89.8 Å². The molecule has 9 aromatic rings. The summed E-state index contributed by atoms with van der Waals surface area (Å²) in [5, 5.41) is 0. The van der Waals surface area contributed by atoms with Gasteiger partial charge in [0.25, 0.3) is 0 Å². The molecule has 0 unspecified atom stereocenters. The molecule has 0 saturated heterocycles. The van der Waals surface area contributed by atoms with Gasteiger partial charge in [-0.15, -0.1) is 0 Å². The number of hydrogen-bond acceptors (Lipinski definition) is 3. The highest BCUT2D eigenvalue weighted by molar-refractivity contribution is 5.83. The Morgan fingerprint density at radius 2 is 0.407 bits per heavy atom. The molecule has 254 valence electrons. The van der Waals surface area contributed by atoms with E-state index in [0.29, 0.717) is 17.5 Å². The van der Waals surface area contributed by atoms with Gasteiger partial charge >= 0.3 is 0 Å². The molecular formula is C51H35N3. The van der Waals surface area contributed by atoms with E-state index in [-0.39, 0.29) is 0 Å². The van der Waals surface area contributed by atoms with Crippen molar-refractivity contribution in [2.45, 2.75) is 0 Å². The molecule has 8 aromatic carbocycles. The maximum absolute atomic E-state index is 5.06. The molecule has 54 heavy (non-hydrogen) atoms. The third-order valence-electron chi connectivity index (χ3n) is 9.71. The summed E-state index contributed by atoms with van der Waals surface area (Å²) < 4.78 is 0. The molecule has 0 aliphatic rings. The van der Waals surface area contributed by atoms with E-state index in [1.807, 2.05) is 36.4 Å².